The summed E-state index contributed by atoms with van der Waals surface area (Å²) in [5.41, 5.74) is 2.81. The lowest BCUT2D eigenvalue weighted by molar-refractivity contribution is 0.0709. The van der Waals surface area contributed by atoms with E-state index in [1.54, 1.807) is 23.1 Å². The van der Waals surface area contributed by atoms with E-state index in [0.29, 0.717) is 23.1 Å². The van der Waals surface area contributed by atoms with Gasteiger partial charge >= 0.3 is 0 Å². The third-order valence-corrected chi connectivity index (χ3v) is 5.60. The van der Waals surface area contributed by atoms with Crippen LogP contribution >= 0.6 is 0 Å². The van der Waals surface area contributed by atoms with Crippen molar-refractivity contribution < 1.29 is 23.4 Å². The maximum absolute atomic E-state index is 13.0. The van der Waals surface area contributed by atoms with Crippen molar-refractivity contribution in [3.05, 3.63) is 71.4 Å². The highest BCUT2D eigenvalue weighted by Crippen LogP contribution is 2.36. The first-order valence-corrected chi connectivity index (χ1v) is 10.0. The summed E-state index contributed by atoms with van der Waals surface area (Å²) >= 11 is 0. The Bertz CT molecular complexity index is 1080. The second kappa shape index (κ2) is 7.74. The number of oxazole rings is 1. The molecule has 30 heavy (non-hydrogen) atoms. The van der Waals surface area contributed by atoms with Crippen molar-refractivity contribution in [3.63, 3.8) is 0 Å². The molecular formula is C23H22N2O5. The fourth-order valence-corrected chi connectivity index (χ4v) is 4.04. The molecule has 5 rings (SSSR count). The van der Waals surface area contributed by atoms with Gasteiger partial charge in [0.25, 0.3) is 5.91 Å². The number of carbonyl (C=O) groups excluding carboxylic acids is 1. The molecule has 2 aromatic carbocycles. The van der Waals surface area contributed by atoms with E-state index in [4.69, 9.17) is 18.6 Å². The number of amides is 1. The van der Waals surface area contributed by atoms with Gasteiger partial charge in [0.15, 0.2) is 23.8 Å². The highest BCUT2D eigenvalue weighted by molar-refractivity contribution is 5.92. The van der Waals surface area contributed by atoms with Gasteiger partial charge in [0.1, 0.15) is 12.0 Å². The molecule has 1 atom stereocenters. The number of hydrogen-bond acceptors (Lipinski definition) is 6. The highest BCUT2D eigenvalue weighted by Gasteiger charge is 2.28. The number of rotatable bonds is 5. The Labute approximate surface area is 174 Å². The molecule has 7 heteroatoms. The smallest absolute Gasteiger partial charge is 0.276 e. The summed E-state index contributed by atoms with van der Waals surface area (Å²) in [6.07, 6.45) is 4.45. The summed E-state index contributed by atoms with van der Waals surface area (Å²) in [4.78, 5) is 19.1. The van der Waals surface area contributed by atoms with Gasteiger partial charge < -0.3 is 23.5 Å². The molecular weight excluding hydrogens is 384 g/mol. The summed E-state index contributed by atoms with van der Waals surface area (Å²) in [7, 11) is 1.83. The van der Waals surface area contributed by atoms with E-state index in [1.807, 2.05) is 19.2 Å². The van der Waals surface area contributed by atoms with Crippen LogP contribution in [0.1, 0.15) is 46.4 Å². The van der Waals surface area contributed by atoms with Crippen molar-refractivity contribution in [2.45, 2.75) is 31.9 Å². The van der Waals surface area contributed by atoms with Crippen molar-refractivity contribution in [1.29, 1.82) is 0 Å². The maximum atomic E-state index is 13.0. The van der Waals surface area contributed by atoms with Crippen LogP contribution in [0.2, 0.25) is 0 Å². The largest absolute Gasteiger partial charge is 0.484 e. The molecule has 0 radical (unpaired) electrons. The number of fused-ring (bicyclic) bond motifs is 2. The monoisotopic (exact) mass is 406 g/mol. The molecule has 3 aromatic rings. The second-order valence-corrected chi connectivity index (χ2v) is 7.45. The molecule has 1 unspecified atom stereocenters. The molecule has 0 saturated heterocycles. The zero-order valence-electron chi connectivity index (χ0n) is 16.7. The van der Waals surface area contributed by atoms with Crippen LogP contribution in [0.5, 0.6) is 17.2 Å². The predicted octanol–water partition coefficient (Wildman–Crippen LogP) is 4.13. The van der Waals surface area contributed by atoms with E-state index in [2.05, 4.69) is 17.1 Å². The number of nitrogens with zero attached hydrogens (tertiary/aromatic N) is 2. The normalized spacial score (nSPS) is 16.8. The number of aromatic nitrogens is 1. The minimum atomic E-state index is -0.158. The van der Waals surface area contributed by atoms with Crippen LogP contribution in [-0.2, 0) is 13.0 Å². The molecule has 1 aromatic heterocycles. The van der Waals surface area contributed by atoms with Crippen LogP contribution < -0.4 is 14.2 Å². The van der Waals surface area contributed by atoms with Crippen LogP contribution in [0, 0.1) is 0 Å². The molecule has 0 saturated carbocycles. The van der Waals surface area contributed by atoms with Gasteiger partial charge in [-0.25, -0.2) is 4.98 Å². The third-order valence-electron chi connectivity index (χ3n) is 5.60. The first-order chi connectivity index (χ1) is 14.7. The minimum absolute atomic E-state index is 0.0486. The fourth-order valence-electron chi connectivity index (χ4n) is 4.04. The summed E-state index contributed by atoms with van der Waals surface area (Å²) in [5.74, 6) is 2.13. The topological polar surface area (TPSA) is 74.0 Å². The van der Waals surface area contributed by atoms with Crippen LogP contribution in [0.25, 0.3) is 0 Å². The van der Waals surface area contributed by atoms with Gasteiger partial charge in [-0.2, -0.15) is 0 Å². The molecule has 0 N–H and O–H groups in total. The Morgan fingerprint density at radius 1 is 1.20 bits per heavy atom. The molecule has 154 valence electrons. The molecule has 2 aliphatic rings. The number of aryl methyl sites for hydroxylation is 1. The zero-order chi connectivity index (χ0) is 20.5. The van der Waals surface area contributed by atoms with Crippen LogP contribution in [0.4, 0.5) is 0 Å². The van der Waals surface area contributed by atoms with Crippen molar-refractivity contribution in [2.24, 2.45) is 0 Å². The van der Waals surface area contributed by atoms with Crippen LogP contribution in [0.15, 0.2) is 53.1 Å². The molecule has 0 spiro atoms. The Morgan fingerprint density at radius 2 is 2.07 bits per heavy atom. The third kappa shape index (κ3) is 3.47. The molecule has 1 aliphatic heterocycles. The first-order valence-electron chi connectivity index (χ1n) is 10.0. The van der Waals surface area contributed by atoms with Crippen molar-refractivity contribution in [3.8, 4) is 17.2 Å². The van der Waals surface area contributed by atoms with Crippen LogP contribution in [-0.4, -0.2) is 29.6 Å². The van der Waals surface area contributed by atoms with Gasteiger partial charge in [-0.05, 0) is 42.5 Å². The lowest BCUT2D eigenvalue weighted by Crippen LogP contribution is -2.33. The summed E-state index contributed by atoms with van der Waals surface area (Å²) in [6, 6.07) is 13.7. The first kappa shape index (κ1) is 18.5. The average Bonchev–Trinajstić information content (AvgIpc) is 3.45. The van der Waals surface area contributed by atoms with Gasteiger partial charge in [0, 0.05) is 13.1 Å². The molecule has 7 nitrogen and oxygen atoms in total. The van der Waals surface area contributed by atoms with Crippen molar-refractivity contribution >= 4 is 5.91 Å². The Kier molecular flexibility index (Phi) is 4.78. The molecule has 1 aliphatic carbocycles. The fraction of sp³-hybridized carbons (Fsp3) is 0.304. The summed E-state index contributed by atoms with van der Waals surface area (Å²) in [5, 5.41) is 0. The van der Waals surface area contributed by atoms with Gasteiger partial charge in [0.05, 0.1) is 6.04 Å². The van der Waals surface area contributed by atoms with Crippen molar-refractivity contribution in [1.82, 2.24) is 9.88 Å². The molecule has 0 bridgehead atoms. The van der Waals surface area contributed by atoms with Crippen LogP contribution in [0.3, 0.4) is 0 Å². The Balaban J connectivity index is 1.25. The lowest BCUT2D eigenvalue weighted by atomic mass is 9.87. The molecule has 2 heterocycles. The van der Waals surface area contributed by atoms with E-state index in [9.17, 15) is 4.79 Å². The highest BCUT2D eigenvalue weighted by atomic mass is 16.7. The second-order valence-electron chi connectivity index (χ2n) is 7.45. The SMILES string of the molecule is CN(C(=O)c1coc(COc2ccc3c(c2)OCO3)n1)C1CCCc2ccccc21. The number of ether oxygens (including phenoxy) is 3. The molecule has 1 amide bonds. The Morgan fingerprint density at radius 3 is 3.00 bits per heavy atom. The summed E-state index contributed by atoms with van der Waals surface area (Å²) < 4.78 is 21.8. The van der Waals surface area contributed by atoms with E-state index in [0.717, 1.165) is 19.3 Å². The van der Waals surface area contributed by atoms with Crippen molar-refractivity contribution in [2.75, 3.05) is 13.8 Å². The van der Waals surface area contributed by atoms with E-state index < -0.39 is 0 Å². The number of hydrogen-bond donors (Lipinski definition) is 0. The standard InChI is InChI=1S/C23H22N2O5/c1-25(19-8-4-6-15-5-2-3-7-17(15)19)23(26)18-12-28-22(24-18)13-27-16-9-10-20-21(11-16)30-14-29-20/h2-3,5,7,9-12,19H,4,6,8,13-14H2,1H3. The Hall–Kier alpha value is -3.48. The van der Waals surface area contributed by atoms with Gasteiger partial charge in [-0.15, -0.1) is 0 Å². The average molecular weight is 406 g/mol. The van der Waals surface area contributed by atoms with E-state index in [1.165, 1.54) is 17.4 Å². The lowest BCUT2D eigenvalue weighted by Gasteiger charge is -2.32. The number of carbonyl (C=O) groups is 1. The van der Waals surface area contributed by atoms with E-state index >= 15 is 0 Å². The van der Waals surface area contributed by atoms with E-state index in [-0.39, 0.29) is 31.0 Å². The number of benzene rings is 2. The van der Waals surface area contributed by atoms with Gasteiger partial charge in [-0.3, -0.25) is 4.79 Å². The zero-order valence-corrected chi connectivity index (χ0v) is 16.7. The summed E-state index contributed by atoms with van der Waals surface area (Å²) in [6.45, 7) is 0.325. The van der Waals surface area contributed by atoms with Gasteiger partial charge in [-0.1, -0.05) is 24.3 Å². The molecule has 0 fully saturated rings. The maximum Gasteiger partial charge on any atom is 0.276 e. The predicted molar refractivity (Wildman–Crippen MR) is 108 cm³/mol. The minimum Gasteiger partial charge on any atom is -0.484 e. The van der Waals surface area contributed by atoms with Gasteiger partial charge in [0.2, 0.25) is 12.7 Å². The quantitative estimate of drug-likeness (QED) is 0.634.